The summed E-state index contributed by atoms with van der Waals surface area (Å²) in [6.45, 7) is 4.18. The first-order valence-corrected chi connectivity index (χ1v) is 7.89. The van der Waals surface area contributed by atoms with Gasteiger partial charge in [0.25, 0.3) is 5.69 Å². The number of carbonyl (C=O) groups is 1. The summed E-state index contributed by atoms with van der Waals surface area (Å²) in [6.07, 6.45) is 0. The molecule has 1 aromatic rings. The van der Waals surface area contributed by atoms with Crippen molar-refractivity contribution in [2.75, 3.05) is 52.9 Å². The molecule has 0 heterocycles. The first-order chi connectivity index (χ1) is 12.1. The lowest BCUT2D eigenvalue weighted by Gasteiger charge is -2.08. The first kappa shape index (κ1) is 20.8. The van der Waals surface area contributed by atoms with Crippen molar-refractivity contribution in [1.29, 1.82) is 0 Å². The molecule has 140 valence electrons. The molecule has 0 saturated heterocycles. The van der Waals surface area contributed by atoms with Gasteiger partial charge in [-0.2, -0.15) is 0 Å². The zero-order valence-corrected chi connectivity index (χ0v) is 14.2. The van der Waals surface area contributed by atoms with Crippen molar-refractivity contribution in [1.82, 2.24) is 0 Å². The molecule has 0 aliphatic heterocycles. The Morgan fingerprint density at radius 2 is 1.52 bits per heavy atom. The van der Waals surface area contributed by atoms with E-state index in [1.807, 2.05) is 0 Å². The predicted molar refractivity (Wildman–Crippen MR) is 87.7 cm³/mol. The lowest BCUT2D eigenvalue weighted by Crippen LogP contribution is -2.16. The summed E-state index contributed by atoms with van der Waals surface area (Å²) in [5.74, 6) is 0.156. The largest absolute Gasteiger partial charge is 0.491 e. The maximum absolute atomic E-state index is 11.0. The van der Waals surface area contributed by atoms with Gasteiger partial charge in [0.15, 0.2) is 0 Å². The number of rotatable bonds is 14. The maximum Gasteiger partial charge on any atom is 0.332 e. The molecule has 0 spiro atoms. The number of nitro benzene ring substituents is 1. The van der Waals surface area contributed by atoms with Gasteiger partial charge in [0.1, 0.15) is 19.0 Å². The van der Waals surface area contributed by atoms with Crippen LogP contribution in [0.3, 0.4) is 0 Å². The molecule has 0 aliphatic rings. The molecule has 0 amide bonds. The average Bonchev–Trinajstić information content (AvgIpc) is 2.60. The minimum Gasteiger partial charge on any atom is -0.491 e. The van der Waals surface area contributed by atoms with Crippen LogP contribution in [0.25, 0.3) is 0 Å². The SMILES string of the molecule is CCOC(=O)COCCOCCOCCOc1ccc([N+](=O)[O-])cc1. The molecule has 0 N–H and O–H groups in total. The number of carbonyl (C=O) groups excluding carboxylic acids is 1. The second kappa shape index (κ2) is 13.1. The van der Waals surface area contributed by atoms with Crippen LogP contribution in [-0.4, -0.2) is 63.7 Å². The Balaban J connectivity index is 1.90. The van der Waals surface area contributed by atoms with Gasteiger partial charge < -0.3 is 23.7 Å². The van der Waals surface area contributed by atoms with Crippen LogP contribution >= 0.6 is 0 Å². The number of nitrogens with zero attached hydrogens (tertiary/aromatic N) is 1. The van der Waals surface area contributed by atoms with E-state index in [1.54, 1.807) is 6.92 Å². The van der Waals surface area contributed by atoms with E-state index in [4.69, 9.17) is 23.7 Å². The fraction of sp³-hybridized carbons (Fsp3) is 0.562. The highest BCUT2D eigenvalue weighted by Gasteiger charge is 2.04. The highest BCUT2D eigenvalue weighted by molar-refractivity contribution is 5.70. The maximum atomic E-state index is 11.0. The number of ether oxygens (including phenoxy) is 5. The van der Waals surface area contributed by atoms with E-state index in [1.165, 1.54) is 24.3 Å². The third kappa shape index (κ3) is 10.3. The fourth-order valence-corrected chi connectivity index (χ4v) is 1.68. The summed E-state index contributed by atoms with van der Waals surface area (Å²) in [5.41, 5.74) is 0.0204. The lowest BCUT2D eigenvalue weighted by molar-refractivity contribution is -0.384. The monoisotopic (exact) mass is 357 g/mol. The zero-order valence-electron chi connectivity index (χ0n) is 14.2. The molecule has 1 rings (SSSR count). The van der Waals surface area contributed by atoms with Crippen molar-refractivity contribution >= 4 is 11.7 Å². The molecule has 0 bridgehead atoms. The van der Waals surface area contributed by atoms with Crippen LogP contribution in [-0.2, 0) is 23.7 Å². The van der Waals surface area contributed by atoms with Crippen LogP contribution in [0.4, 0.5) is 5.69 Å². The Labute approximate surface area is 145 Å². The number of esters is 1. The Morgan fingerprint density at radius 3 is 2.08 bits per heavy atom. The Bertz CT molecular complexity index is 505. The molecule has 0 fully saturated rings. The third-order valence-corrected chi connectivity index (χ3v) is 2.81. The van der Waals surface area contributed by atoms with Crippen LogP contribution in [0, 0.1) is 10.1 Å². The first-order valence-electron chi connectivity index (χ1n) is 7.89. The minimum absolute atomic E-state index is 0.0204. The van der Waals surface area contributed by atoms with Crippen LogP contribution in [0.1, 0.15) is 6.92 Å². The van der Waals surface area contributed by atoms with E-state index >= 15 is 0 Å². The number of hydrogen-bond donors (Lipinski definition) is 0. The molecule has 0 unspecified atom stereocenters. The summed E-state index contributed by atoms with van der Waals surface area (Å²) in [7, 11) is 0. The van der Waals surface area contributed by atoms with Gasteiger partial charge in [-0.3, -0.25) is 10.1 Å². The second-order valence-electron chi connectivity index (χ2n) is 4.68. The van der Waals surface area contributed by atoms with Gasteiger partial charge in [-0.25, -0.2) is 4.79 Å². The standard InChI is InChI=1S/C16H23NO8/c1-2-24-16(18)13-23-10-9-21-7-8-22-11-12-25-15-5-3-14(4-6-15)17(19)20/h3-6H,2,7-13H2,1H3. The predicted octanol–water partition coefficient (Wildman–Crippen LogP) is 1.59. The Morgan fingerprint density at radius 1 is 0.960 bits per heavy atom. The summed E-state index contributed by atoms with van der Waals surface area (Å²) in [5, 5.41) is 10.5. The summed E-state index contributed by atoms with van der Waals surface area (Å²) in [4.78, 5) is 21.0. The molecule has 9 nitrogen and oxygen atoms in total. The molecule has 0 atom stereocenters. The topological polar surface area (TPSA) is 106 Å². The van der Waals surface area contributed by atoms with E-state index in [2.05, 4.69) is 0 Å². The smallest absolute Gasteiger partial charge is 0.332 e. The molecule has 9 heteroatoms. The Kier molecular flexibility index (Phi) is 10.9. The van der Waals surface area contributed by atoms with Crippen LogP contribution < -0.4 is 4.74 Å². The molecule has 0 saturated carbocycles. The Hall–Kier alpha value is -2.23. The van der Waals surface area contributed by atoms with Crippen molar-refractivity contribution in [3.8, 4) is 5.75 Å². The van der Waals surface area contributed by atoms with Gasteiger partial charge >= 0.3 is 5.97 Å². The van der Waals surface area contributed by atoms with E-state index in [-0.39, 0.29) is 18.3 Å². The van der Waals surface area contributed by atoms with Crippen molar-refractivity contribution in [2.24, 2.45) is 0 Å². The molecule has 0 radical (unpaired) electrons. The van der Waals surface area contributed by atoms with E-state index in [9.17, 15) is 14.9 Å². The van der Waals surface area contributed by atoms with Gasteiger partial charge in [0.2, 0.25) is 0 Å². The lowest BCUT2D eigenvalue weighted by atomic mass is 10.3. The second-order valence-corrected chi connectivity index (χ2v) is 4.68. The number of nitro groups is 1. The van der Waals surface area contributed by atoms with E-state index in [0.29, 0.717) is 52.0 Å². The third-order valence-electron chi connectivity index (χ3n) is 2.81. The molecule has 0 aliphatic carbocycles. The zero-order chi connectivity index (χ0) is 18.3. The molecule has 25 heavy (non-hydrogen) atoms. The average molecular weight is 357 g/mol. The normalized spacial score (nSPS) is 10.4. The highest BCUT2D eigenvalue weighted by atomic mass is 16.6. The number of hydrogen-bond acceptors (Lipinski definition) is 8. The number of non-ortho nitro benzene ring substituents is 1. The van der Waals surface area contributed by atoms with Crippen molar-refractivity contribution in [3.63, 3.8) is 0 Å². The highest BCUT2D eigenvalue weighted by Crippen LogP contribution is 2.16. The quantitative estimate of drug-likeness (QED) is 0.214. The molecule has 1 aromatic carbocycles. The van der Waals surface area contributed by atoms with E-state index in [0.717, 1.165) is 0 Å². The van der Waals surface area contributed by atoms with Gasteiger partial charge in [-0.1, -0.05) is 0 Å². The minimum atomic E-state index is -0.464. The molecular weight excluding hydrogens is 334 g/mol. The summed E-state index contributed by atoms with van der Waals surface area (Å²) in [6, 6.07) is 5.84. The van der Waals surface area contributed by atoms with Gasteiger partial charge in [-0.15, -0.1) is 0 Å². The number of benzene rings is 1. The van der Waals surface area contributed by atoms with Crippen molar-refractivity contribution < 1.29 is 33.4 Å². The molecular formula is C16H23NO8. The van der Waals surface area contributed by atoms with Gasteiger partial charge in [-0.05, 0) is 19.1 Å². The van der Waals surface area contributed by atoms with Gasteiger partial charge in [0, 0.05) is 12.1 Å². The van der Waals surface area contributed by atoms with Crippen molar-refractivity contribution in [3.05, 3.63) is 34.4 Å². The fourth-order valence-electron chi connectivity index (χ4n) is 1.68. The van der Waals surface area contributed by atoms with E-state index < -0.39 is 4.92 Å². The summed E-state index contributed by atoms with van der Waals surface area (Å²) >= 11 is 0. The molecule has 0 aromatic heterocycles. The van der Waals surface area contributed by atoms with Crippen LogP contribution in [0.5, 0.6) is 5.75 Å². The van der Waals surface area contributed by atoms with Crippen molar-refractivity contribution in [2.45, 2.75) is 6.92 Å². The van der Waals surface area contributed by atoms with Crippen LogP contribution in [0.15, 0.2) is 24.3 Å². The summed E-state index contributed by atoms with van der Waals surface area (Å²) < 4.78 is 25.7. The van der Waals surface area contributed by atoms with Crippen LogP contribution in [0.2, 0.25) is 0 Å². The van der Waals surface area contributed by atoms with Gasteiger partial charge in [0.05, 0.1) is 44.6 Å².